The molecule has 1 N–H and O–H groups in total. The second-order valence-electron chi connectivity index (χ2n) is 5.86. The maximum atomic E-state index is 6.24. The molecule has 0 bridgehead atoms. The molecule has 2 rings (SSSR count). The molecule has 19 heavy (non-hydrogen) atoms. The molecule has 1 aromatic carbocycles. The van der Waals surface area contributed by atoms with Gasteiger partial charge < -0.3 is 10.1 Å². The Morgan fingerprint density at radius 1 is 1.32 bits per heavy atom. The zero-order chi connectivity index (χ0) is 13.8. The summed E-state index contributed by atoms with van der Waals surface area (Å²) in [5, 5.41) is 4.61. The van der Waals surface area contributed by atoms with Gasteiger partial charge >= 0.3 is 0 Å². The van der Waals surface area contributed by atoms with Crippen molar-refractivity contribution < 1.29 is 4.74 Å². The molecule has 0 heterocycles. The van der Waals surface area contributed by atoms with Crippen LogP contribution in [-0.4, -0.2) is 25.8 Å². The predicted octanol–water partition coefficient (Wildman–Crippen LogP) is 3.85. The average Bonchev–Trinajstić information content (AvgIpc) is 2.33. The van der Waals surface area contributed by atoms with Crippen LogP contribution in [0, 0.1) is 5.92 Å². The Kier molecular flexibility index (Phi) is 5.26. The van der Waals surface area contributed by atoms with Crippen molar-refractivity contribution in [3.05, 3.63) is 34.9 Å². The fourth-order valence-electron chi connectivity index (χ4n) is 2.73. The van der Waals surface area contributed by atoms with Crippen LogP contribution in [-0.2, 0) is 4.74 Å². The summed E-state index contributed by atoms with van der Waals surface area (Å²) < 4.78 is 5.28. The molecule has 0 saturated heterocycles. The Balaban J connectivity index is 1.84. The van der Waals surface area contributed by atoms with Gasteiger partial charge in [0.05, 0.1) is 6.61 Å². The van der Waals surface area contributed by atoms with E-state index >= 15 is 0 Å². The van der Waals surface area contributed by atoms with Crippen molar-refractivity contribution >= 4 is 11.6 Å². The molecule has 1 aromatic rings. The normalized spacial score (nSPS) is 24.3. The third-order valence-electron chi connectivity index (χ3n) is 4.08. The SMILES string of the molecule is COCC(NC1CC(c2ccccc2Cl)C1)C(C)C. The van der Waals surface area contributed by atoms with Crippen LogP contribution in [0.25, 0.3) is 0 Å². The first kappa shape index (κ1) is 14.8. The highest BCUT2D eigenvalue weighted by Gasteiger charge is 2.33. The first-order chi connectivity index (χ1) is 9.11. The second kappa shape index (κ2) is 6.74. The molecule has 3 heteroatoms. The van der Waals surface area contributed by atoms with Crippen molar-refractivity contribution in [2.45, 2.75) is 44.7 Å². The minimum Gasteiger partial charge on any atom is -0.383 e. The molecular weight excluding hydrogens is 258 g/mol. The third-order valence-corrected chi connectivity index (χ3v) is 4.43. The molecule has 1 fully saturated rings. The highest BCUT2D eigenvalue weighted by molar-refractivity contribution is 6.31. The van der Waals surface area contributed by atoms with Crippen LogP contribution in [0.15, 0.2) is 24.3 Å². The smallest absolute Gasteiger partial charge is 0.0618 e. The molecule has 0 amide bonds. The van der Waals surface area contributed by atoms with E-state index in [9.17, 15) is 0 Å². The summed E-state index contributed by atoms with van der Waals surface area (Å²) in [6.07, 6.45) is 2.35. The van der Waals surface area contributed by atoms with E-state index in [1.54, 1.807) is 7.11 Å². The van der Waals surface area contributed by atoms with E-state index in [1.165, 1.54) is 18.4 Å². The van der Waals surface area contributed by atoms with Crippen LogP contribution in [0.3, 0.4) is 0 Å². The van der Waals surface area contributed by atoms with Crippen LogP contribution in [0.5, 0.6) is 0 Å². The fraction of sp³-hybridized carbons (Fsp3) is 0.625. The quantitative estimate of drug-likeness (QED) is 0.855. The summed E-state index contributed by atoms with van der Waals surface area (Å²) in [5.74, 6) is 1.21. The first-order valence-corrected chi connectivity index (χ1v) is 7.49. The van der Waals surface area contributed by atoms with Crippen molar-refractivity contribution in [2.24, 2.45) is 5.92 Å². The molecule has 0 aliphatic heterocycles. The highest BCUT2D eigenvalue weighted by Crippen LogP contribution is 2.40. The number of nitrogens with one attached hydrogen (secondary N) is 1. The molecule has 0 spiro atoms. The van der Waals surface area contributed by atoms with E-state index in [1.807, 2.05) is 12.1 Å². The number of hydrogen-bond donors (Lipinski definition) is 1. The Bertz CT molecular complexity index is 401. The highest BCUT2D eigenvalue weighted by atomic mass is 35.5. The Hall–Kier alpha value is -0.570. The van der Waals surface area contributed by atoms with Gasteiger partial charge in [0.1, 0.15) is 0 Å². The average molecular weight is 282 g/mol. The van der Waals surface area contributed by atoms with Gasteiger partial charge in [0.25, 0.3) is 0 Å². The number of benzene rings is 1. The molecule has 1 atom stereocenters. The number of hydrogen-bond acceptors (Lipinski definition) is 2. The van der Waals surface area contributed by atoms with E-state index < -0.39 is 0 Å². The van der Waals surface area contributed by atoms with Gasteiger partial charge in [-0.3, -0.25) is 0 Å². The molecule has 1 unspecified atom stereocenters. The van der Waals surface area contributed by atoms with Crippen LogP contribution in [0.1, 0.15) is 38.2 Å². The van der Waals surface area contributed by atoms with Crippen molar-refractivity contribution in [1.29, 1.82) is 0 Å². The topological polar surface area (TPSA) is 21.3 Å². The third kappa shape index (κ3) is 3.71. The van der Waals surface area contributed by atoms with Crippen molar-refractivity contribution in [3.63, 3.8) is 0 Å². The largest absolute Gasteiger partial charge is 0.383 e. The van der Waals surface area contributed by atoms with E-state index in [-0.39, 0.29) is 0 Å². The van der Waals surface area contributed by atoms with Gasteiger partial charge in [-0.1, -0.05) is 43.6 Å². The molecule has 106 valence electrons. The number of methoxy groups -OCH3 is 1. The monoisotopic (exact) mass is 281 g/mol. The fourth-order valence-corrected chi connectivity index (χ4v) is 3.02. The van der Waals surface area contributed by atoms with Crippen LogP contribution >= 0.6 is 11.6 Å². The van der Waals surface area contributed by atoms with Crippen molar-refractivity contribution in [2.75, 3.05) is 13.7 Å². The van der Waals surface area contributed by atoms with E-state index in [0.29, 0.717) is 23.9 Å². The zero-order valence-electron chi connectivity index (χ0n) is 12.0. The molecule has 1 aliphatic rings. The van der Waals surface area contributed by atoms with E-state index in [0.717, 1.165) is 11.6 Å². The summed E-state index contributed by atoms with van der Waals surface area (Å²) in [6.45, 7) is 5.26. The van der Waals surface area contributed by atoms with E-state index in [2.05, 4.69) is 31.3 Å². The Morgan fingerprint density at radius 3 is 2.58 bits per heavy atom. The maximum Gasteiger partial charge on any atom is 0.0618 e. The molecule has 2 nitrogen and oxygen atoms in total. The van der Waals surface area contributed by atoms with E-state index in [4.69, 9.17) is 16.3 Å². The second-order valence-corrected chi connectivity index (χ2v) is 6.27. The molecule has 1 saturated carbocycles. The van der Waals surface area contributed by atoms with Gasteiger partial charge in [0.2, 0.25) is 0 Å². The molecule has 0 aromatic heterocycles. The Labute approximate surface area is 121 Å². The van der Waals surface area contributed by atoms with Crippen molar-refractivity contribution in [3.8, 4) is 0 Å². The molecule has 1 aliphatic carbocycles. The van der Waals surface area contributed by atoms with Crippen LogP contribution in [0.4, 0.5) is 0 Å². The Morgan fingerprint density at radius 2 is 2.00 bits per heavy atom. The van der Waals surface area contributed by atoms with Crippen LogP contribution in [0.2, 0.25) is 5.02 Å². The lowest BCUT2D eigenvalue weighted by atomic mass is 9.75. The van der Waals surface area contributed by atoms with Gasteiger partial charge in [0, 0.05) is 24.2 Å². The van der Waals surface area contributed by atoms with Gasteiger partial charge in [-0.25, -0.2) is 0 Å². The minimum absolute atomic E-state index is 0.446. The first-order valence-electron chi connectivity index (χ1n) is 7.11. The van der Waals surface area contributed by atoms with Gasteiger partial charge in [-0.05, 0) is 36.3 Å². The zero-order valence-corrected chi connectivity index (χ0v) is 12.8. The summed E-state index contributed by atoms with van der Waals surface area (Å²) in [5.41, 5.74) is 1.30. The van der Waals surface area contributed by atoms with Gasteiger partial charge in [-0.2, -0.15) is 0 Å². The number of halogens is 1. The summed E-state index contributed by atoms with van der Waals surface area (Å²) in [7, 11) is 1.77. The lowest BCUT2D eigenvalue weighted by Gasteiger charge is -2.40. The molecular formula is C16H24ClNO. The standard InChI is InChI=1S/C16H24ClNO/c1-11(2)16(10-19-3)18-13-8-12(9-13)14-6-4-5-7-15(14)17/h4-7,11-13,16,18H,8-10H2,1-3H3. The summed E-state index contributed by atoms with van der Waals surface area (Å²) in [4.78, 5) is 0. The van der Waals surface area contributed by atoms with Crippen LogP contribution < -0.4 is 5.32 Å². The summed E-state index contributed by atoms with van der Waals surface area (Å²) in [6, 6.07) is 9.25. The van der Waals surface area contributed by atoms with Gasteiger partial charge in [-0.15, -0.1) is 0 Å². The van der Waals surface area contributed by atoms with Gasteiger partial charge in [0.15, 0.2) is 0 Å². The van der Waals surface area contributed by atoms with Crippen molar-refractivity contribution in [1.82, 2.24) is 5.32 Å². The molecule has 0 radical (unpaired) electrons. The number of rotatable bonds is 6. The predicted molar refractivity (Wildman–Crippen MR) is 80.9 cm³/mol. The number of ether oxygens (including phenoxy) is 1. The lowest BCUT2D eigenvalue weighted by Crippen LogP contribution is -2.49. The minimum atomic E-state index is 0.446. The summed E-state index contributed by atoms with van der Waals surface area (Å²) >= 11 is 6.24. The lowest BCUT2D eigenvalue weighted by molar-refractivity contribution is 0.126. The maximum absolute atomic E-state index is 6.24.